The molecule has 0 fully saturated rings. The summed E-state index contributed by atoms with van der Waals surface area (Å²) < 4.78 is 0. The summed E-state index contributed by atoms with van der Waals surface area (Å²) >= 11 is 0. The Bertz CT molecular complexity index is 300. The first-order valence-corrected chi connectivity index (χ1v) is 6.67. The van der Waals surface area contributed by atoms with E-state index in [0.717, 1.165) is 12.8 Å². The van der Waals surface area contributed by atoms with Crippen LogP contribution < -0.4 is 5.32 Å². The summed E-state index contributed by atoms with van der Waals surface area (Å²) in [6.07, 6.45) is 2.25. The first kappa shape index (κ1) is 16.7. The monoisotopic (exact) mass is 254 g/mol. The van der Waals surface area contributed by atoms with Crippen LogP contribution in [0.3, 0.4) is 0 Å². The molecule has 0 saturated carbocycles. The summed E-state index contributed by atoms with van der Waals surface area (Å²) in [6.45, 7) is 12.5. The van der Waals surface area contributed by atoms with Crippen LogP contribution in [-0.4, -0.2) is 35.8 Å². The molecule has 4 heteroatoms. The van der Waals surface area contributed by atoms with E-state index in [9.17, 15) is 9.59 Å². The summed E-state index contributed by atoms with van der Waals surface area (Å²) in [6, 6.07) is 0.259. The van der Waals surface area contributed by atoms with Gasteiger partial charge in [0.2, 0.25) is 11.8 Å². The van der Waals surface area contributed by atoms with Gasteiger partial charge in [-0.2, -0.15) is 0 Å². The van der Waals surface area contributed by atoms with E-state index in [4.69, 9.17) is 0 Å². The van der Waals surface area contributed by atoms with Crippen molar-refractivity contribution in [3.8, 4) is 0 Å². The standard InChI is InChI=1S/C14H26N2O2/c1-6-12(5)16(13(17)7-2)10-8-9-15-14(18)11(3)4/h12H,3,6-10H2,1-2,4-5H3,(H,15,18). The van der Waals surface area contributed by atoms with Crippen molar-refractivity contribution in [1.82, 2.24) is 10.2 Å². The van der Waals surface area contributed by atoms with Crippen LogP contribution in [-0.2, 0) is 9.59 Å². The van der Waals surface area contributed by atoms with Crippen molar-refractivity contribution >= 4 is 11.8 Å². The van der Waals surface area contributed by atoms with Crippen molar-refractivity contribution in [1.29, 1.82) is 0 Å². The largest absolute Gasteiger partial charge is 0.352 e. The van der Waals surface area contributed by atoms with Crippen LogP contribution >= 0.6 is 0 Å². The Balaban J connectivity index is 4.09. The number of nitrogens with one attached hydrogen (secondary N) is 1. The number of hydrogen-bond acceptors (Lipinski definition) is 2. The Morgan fingerprint density at radius 3 is 2.39 bits per heavy atom. The summed E-state index contributed by atoms with van der Waals surface area (Å²) in [5.74, 6) is 0.0579. The van der Waals surface area contributed by atoms with Crippen molar-refractivity contribution in [3.05, 3.63) is 12.2 Å². The Morgan fingerprint density at radius 2 is 1.94 bits per heavy atom. The van der Waals surface area contributed by atoms with Gasteiger partial charge in [-0.1, -0.05) is 20.4 Å². The van der Waals surface area contributed by atoms with E-state index in [1.165, 1.54) is 0 Å². The normalized spacial score (nSPS) is 11.8. The molecule has 1 atom stereocenters. The van der Waals surface area contributed by atoms with Crippen LogP contribution in [0.5, 0.6) is 0 Å². The van der Waals surface area contributed by atoms with E-state index >= 15 is 0 Å². The van der Waals surface area contributed by atoms with Crippen molar-refractivity contribution < 1.29 is 9.59 Å². The van der Waals surface area contributed by atoms with E-state index in [1.807, 2.05) is 11.8 Å². The third-order valence-electron chi connectivity index (χ3n) is 2.99. The lowest BCUT2D eigenvalue weighted by Crippen LogP contribution is -2.39. The number of nitrogens with zero attached hydrogens (tertiary/aromatic N) is 1. The summed E-state index contributed by atoms with van der Waals surface area (Å²) in [5.41, 5.74) is 0.512. The average molecular weight is 254 g/mol. The lowest BCUT2D eigenvalue weighted by molar-refractivity contribution is -0.133. The van der Waals surface area contributed by atoms with Gasteiger partial charge in [-0.25, -0.2) is 0 Å². The lowest BCUT2D eigenvalue weighted by Gasteiger charge is -2.28. The van der Waals surface area contributed by atoms with Gasteiger partial charge < -0.3 is 10.2 Å². The minimum absolute atomic E-state index is 0.119. The summed E-state index contributed by atoms with van der Waals surface area (Å²) in [7, 11) is 0. The molecule has 1 N–H and O–H groups in total. The quantitative estimate of drug-likeness (QED) is 0.533. The van der Waals surface area contributed by atoms with Crippen LogP contribution in [0.4, 0.5) is 0 Å². The van der Waals surface area contributed by atoms with Gasteiger partial charge in [0.05, 0.1) is 0 Å². The first-order chi connectivity index (χ1) is 8.43. The zero-order chi connectivity index (χ0) is 14.1. The molecule has 0 aromatic heterocycles. The van der Waals surface area contributed by atoms with Crippen molar-refractivity contribution in [3.63, 3.8) is 0 Å². The average Bonchev–Trinajstić information content (AvgIpc) is 2.36. The number of rotatable bonds is 8. The molecule has 104 valence electrons. The molecule has 2 amide bonds. The van der Waals surface area contributed by atoms with Gasteiger partial charge in [0.25, 0.3) is 0 Å². The Labute approximate surface area is 110 Å². The van der Waals surface area contributed by atoms with Crippen LogP contribution in [0.25, 0.3) is 0 Å². The second-order valence-electron chi connectivity index (χ2n) is 4.59. The fraction of sp³-hybridized carbons (Fsp3) is 0.714. The molecule has 4 nitrogen and oxygen atoms in total. The highest BCUT2D eigenvalue weighted by molar-refractivity contribution is 5.92. The molecule has 0 heterocycles. The highest BCUT2D eigenvalue weighted by atomic mass is 16.2. The molecule has 0 spiro atoms. The maximum Gasteiger partial charge on any atom is 0.246 e. The maximum absolute atomic E-state index is 11.8. The molecule has 0 aliphatic carbocycles. The molecular formula is C14H26N2O2. The lowest BCUT2D eigenvalue weighted by atomic mass is 10.2. The number of carbonyl (C=O) groups is 2. The third-order valence-corrected chi connectivity index (χ3v) is 2.99. The van der Waals surface area contributed by atoms with Crippen LogP contribution in [0.1, 0.15) is 47.0 Å². The molecule has 1 unspecified atom stereocenters. The fourth-order valence-corrected chi connectivity index (χ4v) is 1.62. The summed E-state index contributed by atoms with van der Waals surface area (Å²) in [5, 5.41) is 2.77. The second-order valence-corrected chi connectivity index (χ2v) is 4.59. The van der Waals surface area contributed by atoms with E-state index in [0.29, 0.717) is 25.1 Å². The predicted octanol–water partition coefficient (Wildman–Crippen LogP) is 2.11. The Kier molecular flexibility index (Phi) is 8.08. The Morgan fingerprint density at radius 1 is 1.33 bits per heavy atom. The minimum atomic E-state index is -0.119. The van der Waals surface area contributed by atoms with Gasteiger partial charge in [0, 0.05) is 31.1 Å². The number of amides is 2. The topological polar surface area (TPSA) is 49.4 Å². The van der Waals surface area contributed by atoms with Gasteiger partial charge >= 0.3 is 0 Å². The Hall–Kier alpha value is -1.32. The van der Waals surface area contributed by atoms with Crippen molar-refractivity contribution in [2.45, 2.75) is 53.0 Å². The summed E-state index contributed by atoms with van der Waals surface area (Å²) in [4.78, 5) is 24.9. The van der Waals surface area contributed by atoms with E-state index in [1.54, 1.807) is 6.92 Å². The molecule has 0 aromatic carbocycles. The second kappa shape index (κ2) is 8.72. The minimum Gasteiger partial charge on any atom is -0.352 e. The highest BCUT2D eigenvalue weighted by Gasteiger charge is 2.16. The smallest absolute Gasteiger partial charge is 0.246 e. The van der Waals surface area contributed by atoms with Crippen LogP contribution in [0.15, 0.2) is 12.2 Å². The maximum atomic E-state index is 11.8. The molecule has 18 heavy (non-hydrogen) atoms. The number of hydrogen-bond donors (Lipinski definition) is 1. The van der Waals surface area contributed by atoms with E-state index in [-0.39, 0.29) is 17.9 Å². The molecule has 0 bridgehead atoms. The van der Waals surface area contributed by atoms with Crippen molar-refractivity contribution in [2.75, 3.05) is 13.1 Å². The zero-order valence-electron chi connectivity index (χ0n) is 12.1. The predicted molar refractivity (Wildman–Crippen MR) is 74.2 cm³/mol. The van der Waals surface area contributed by atoms with Gasteiger partial charge in [-0.3, -0.25) is 9.59 Å². The molecule has 0 radical (unpaired) electrons. The third kappa shape index (κ3) is 5.84. The highest BCUT2D eigenvalue weighted by Crippen LogP contribution is 2.06. The molecule has 0 aromatic rings. The molecular weight excluding hydrogens is 228 g/mol. The van der Waals surface area contributed by atoms with Gasteiger partial charge in [-0.05, 0) is 26.7 Å². The van der Waals surface area contributed by atoms with Crippen LogP contribution in [0.2, 0.25) is 0 Å². The van der Waals surface area contributed by atoms with Gasteiger partial charge in [0.15, 0.2) is 0 Å². The van der Waals surface area contributed by atoms with Crippen molar-refractivity contribution in [2.24, 2.45) is 0 Å². The van der Waals surface area contributed by atoms with Crippen LogP contribution in [0, 0.1) is 0 Å². The molecule has 0 aliphatic rings. The van der Waals surface area contributed by atoms with E-state index in [2.05, 4.69) is 25.7 Å². The zero-order valence-corrected chi connectivity index (χ0v) is 12.1. The molecule has 0 aliphatic heterocycles. The van der Waals surface area contributed by atoms with Gasteiger partial charge in [-0.15, -0.1) is 0 Å². The van der Waals surface area contributed by atoms with Gasteiger partial charge in [0.1, 0.15) is 0 Å². The molecule has 0 rings (SSSR count). The number of carbonyl (C=O) groups excluding carboxylic acids is 2. The molecule has 0 saturated heterocycles. The van der Waals surface area contributed by atoms with E-state index < -0.39 is 0 Å². The SMILES string of the molecule is C=C(C)C(=O)NCCCN(C(=O)CC)C(C)CC. The first-order valence-electron chi connectivity index (χ1n) is 6.67. The fourth-order valence-electron chi connectivity index (χ4n) is 1.62.